The van der Waals surface area contributed by atoms with Gasteiger partial charge in [-0.2, -0.15) is 0 Å². The highest BCUT2D eigenvalue weighted by atomic mass is 35.5. The van der Waals surface area contributed by atoms with Gasteiger partial charge in [-0.25, -0.2) is 13.4 Å². The molecule has 0 bridgehead atoms. The van der Waals surface area contributed by atoms with Gasteiger partial charge in [0.1, 0.15) is 33.0 Å². The predicted molar refractivity (Wildman–Crippen MR) is 152 cm³/mol. The molecule has 1 fully saturated rings. The molecule has 4 aromatic rings. The molecule has 2 aromatic carbocycles. The number of fused-ring (bicyclic) bond motifs is 1. The van der Waals surface area contributed by atoms with E-state index in [0.29, 0.717) is 23.5 Å². The maximum Gasteiger partial charge on any atom is 0.148 e. The third kappa shape index (κ3) is 6.37. The zero-order chi connectivity index (χ0) is 26.0. The second-order valence-corrected chi connectivity index (χ2v) is 13.5. The summed E-state index contributed by atoms with van der Waals surface area (Å²) in [5, 5.41) is 7.21. The molecular weight excluding hydrogens is 526 g/mol. The topological polar surface area (TPSA) is 73.2 Å². The summed E-state index contributed by atoms with van der Waals surface area (Å²) in [6, 6.07) is 16.8. The Hall–Kier alpha value is -2.39. The summed E-state index contributed by atoms with van der Waals surface area (Å²) in [5.74, 6) is 1.51. The molecule has 1 saturated carbocycles. The summed E-state index contributed by atoms with van der Waals surface area (Å²) in [4.78, 5) is 4.63. The molecule has 9 heteroatoms. The van der Waals surface area contributed by atoms with E-state index in [-0.39, 0.29) is 11.9 Å². The van der Waals surface area contributed by atoms with Crippen LogP contribution in [0.5, 0.6) is 5.75 Å². The van der Waals surface area contributed by atoms with Crippen LogP contribution in [0.4, 0.5) is 0 Å². The first kappa shape index (κ1) is 26.2. The first-order valence-electron chi connectivity index (χ1n) is 12.6. The summed E-state index contributed by atoms with van der Waals surface area (Å²) in [7, 11) is -2.92. The smallest absolute Gasteiger partial charge is 0.148 e. The normalized spacial score (nSPS) is 19.2. The second-order valence-electron chi connectivity index (χ2n) is 9.90. The highest BCUT2D eigenvalue weighted by molar-refractivity contribution is 7.90. The van der Waals surface area contributed by atoms with E-state index in [0.717, 1.165) is 53.0 Å². The van der Waals surface area contributed by atoms with Crippen molar-refractivity contribution in [1.82, 2.24) is 14.9 Å². The number of benzene rings is 2. The molecule has 0 saturated heterocycles. The van der Waals surface area contributed by atoms with Crippen molar-refractivity contribution < 1.29 is 13.2 Å². The van der Waals surface area contributed by atoms with Gasteiger partial charge >= 0.3 is 0 Å². The number of rotatable bonds is 9. The summed E-state index contributed by atoms with van der Waals surface area (Å²) in [6.45, 7) is 2.54. The van der Waals surface area contributed by atoms with Crippen molar-refractivity contribution in [2.24, 2.45) is 0 Å². The van der Waals surface area contributed by atoms with E-state index < -0.39 is 9.84 Å². The lowest BCUT2D eigenvalue weighted by molar-refractivity contribution is 0.228. The molecule has 1 aliphatic carbocycles. The number of thiophene rings is 1. The third-order valence-corrected chi connectivity index (χ3v) is 9.33. The van der Waals surface area contributed by atoms with Crippen LogP contribution >= 0.6 is 22.9 Å². The third-order valence-electron chi connectivity index (χ3n) is 7.13. The molecule has 37 heavy (non-hydrogen) atoms. The van der Waals surface area contributed by atoms with Crippen LogP contribution in [0.1, 0.15) is 55.8 Å². The van der Waals surface area contributed by atoms with Gasteiger partial charge in [-0.3, -0.25) is 4.57 Å². The van der Waals surface area contributed by atoms with Crippen LogP contribution in [0.2, 0.25) is 5.02 Å². The van der Waals surface area contributed by atoms with Gasteiger partial charge in [0, 0.05) is 40.9 Å². The molecule has 2 aromatic heterocycles. The Morgan fingerprint density at radius 3 is 2.70 bits per heavy atom. The molecule has 0 unspecified atom stereocenters. The Bertz CT molecular complexity index is 1470. The minimum atomic E-state index is -2.92. The zero-order valence-corrected chi connectivity index (χ0v) is 23.5. The molecule has 6 nitrogen and oxygen atoms in total. The number of imidazole rings is 1. The van der Waals surface area contributed by atoms with Crippen LogP contribution in [-0.2, 0) is 9.84 Å². The fourth-order valence-corrected chi connectivity index (χ4v) is 6.68. The van der Waals surface area contributed by atoms with Gasteiger partial charge in [0.2, 0.25) is 0 Å². The number of nitrogens with zero attached hydrogens (tertiary/aromatic N) is 2. The lowest BCUT2D eigenvalue weighted by Crippen LogP contribution is -2.35. The van der Waals surface area contributed by atoms with Gasteiger partial charge in [-0.05, 0) is 62.3 Å². The van der Waals surface area contributed by atoms with Gasteiger partial charge < -0.3 is 10.1 Å². The molecular formula is C28H32ClN3O3S2. The molecule has 1 atom stereocenters. The van der Waals surface area contributed by atoms with Crippen LogP contribution in [0, 0.1) is 0 Å². The van der Waals surface area contributed by atoms with E-state index in [1.807, 2.05) is 42.9 Å². The molecule has 5 rings (SSSR count). The average Bonchev–Trinajstić information content (AvgIpc) is 3.50. The molecule has 0 radical (unpaired) electrons. The second kappa shape index (κ2) is 11.2. The van der Waals surface area contributed by atoms with Crippen molar-refractivity contribution in [2.45, 2.75) is 50.7 Å². The number of aromatic nitrogens is 2. The number of sulfone groups is 1. The number of hydrogen-bond donors (Lipinski definition) is 1. The Kier molecular flexibility index (Phi) is 7.91. The quantitative estimate of drug-likeness (QED) is 0.253. The lowest BCUT2D eigenvalue weighted by Gasteiger charge is -2.29. The van der Waals surface area contributed by atoms with Crippen molar-refractivity contribution in [3.63, 3.8) is 0 Å². The molecule has 0 amide bonds. The summed E-state index contributed by atoms with van der Waals surface area (Å²) >= 11 is 7.98. The van der Waals surface area contributed by atoms with Crippen molar-refractivity contribution in [3.8, 4) is 10.8 Å². The molecule has 0 spiro atoms. The number of nitrogens with one attached hydrogen (secondary N) is 1. The predicted octanol–water partition coefficient (Wildman–Crippen LogP) is 6.54. The van der Waals surface area contributed by atoms with Crippen LogP contribution < -0.4 is 10.1 Å². The van der Waals surface area contributed by atoms with Crippen molar-refractivity contribution in [2.75, 3.05) is 18.6 Å². The number of halogens is 1. The van der Waals surface area contributed by atoms with Gasteiger partial charge in [0.05, 0.1) is 16.8 Å². The highest BCUT2D eigenvalue weighted by Gasteiger charge is 2.23. The zero-order valence-electron chi connectivity index (χ0n) is 21.1. The van der Waals surface area contributed by atoms with Crippen molar-refractivity contribution in [3.05, 3.63) is 76.4 Å². The first-order chi connectivity index (χ1) is 17.8. The summed E-state index contributed by atoms with van der Waals surface area (Å²) in [6.07, 6.45) is 7.31. The Morgan fingerprint density at radius 1 is 1.16 bits per heavy atom. The monoisotopic (exact) mass is 557 g/mol. The van der Waals surface area contributed by atoms with Gasteiger partial charge in [-0.15, -0.1) is 11.3 Å². The van der Waals surface area contributed by atoms with E-state index in [2.05, 4.69) is 39.1 Å². The molecule has 196 valence electrons. The fourth-order valence-electron chi connectivity index (χ4n) is 5.10. The van der Waals surface area contributed by atoms with Crippen LogP contribution in [0.15, 0.2) is 60.2 Å². The minimum Gasteiger partial charge on any atom is -0.485 e. The van der Waals surface area contributed by atoms with E-state index in [1.54, 1.807) is 11.3 Å². The molecule has 1 N–H and O–H groups in total. The standard InChI is InChI=1S/C28H32ClN3O3S2/c1-19(24-5-3-4-6-25(24)29)35-23-16-28(36-17-23)32-18-31-26-12-9-21(15-27(26)32)20-7-10-22(11-8-20)30-13-14-37(2,33)34/h3-6,9,12,15-20,22,30H,7-8,10-11,13-14H2,1-2H3/t19-,20?,22?/m1/s1. The van der Waals surface area contributed by atoms with E-state index in [1.165, 1.54) is 11.8 Å². The maximum atomic E-state index is 11.4. The van der Waals surface area contributed by atoms with E-state index in [9.17, 15) is 8.42 Å². The maximum absolute atomic E-state index is 11.4. The molecule has 1 aliphatic rings. The van der Waals surface area contributed by atoms with Crippen LogP contribution in [0.3, 0.4) is 0 Å². The highest BCUT2D eigenvalue weighted by Crippen LogP contribution is 2.36. The Morgan fingerprint density at radius 2 is 1.95 bits per heavy atom. The number of ether oxygens (including phenoxy) is 1. The minimum absolute atomic E-state index is 0.154. The number of hydrogen-bond acceptors (Lipinski definition) is 6. The summed E-state index contributed by atoms with van der Waals surface area (Å²) < 4.78 is 31.1. The Labute approximate surface area is 227 Å². The average molecular weight is 558 g/mol. The Balaban J connectivity index is 1.26. The van der Waals surface area contributed by atoms with Gasteiger partial charge in [0.15, 0.2) is 0 Å². The first-order valence-corrected chi connectivity index (χ1v) is 16.0. The largest absolute Gasteiger partial charge is 0.485 e. The lowest BCUT2D eigenvalue weighted by atomic mass is 9.81. The summed E-state index contributed by atoms with van der Waals surface area (Å²) in [5.41, 5.74) is 4.37. The van der Waals surface area contributed by atoms with Crippen LogP contribution in [0.25, 0.3) is 16.0 Å². The van der Waals surface area contributed by atoms with Crippen molar-refractivity contribution >= 4 is 43.8 Å². The fraction of sp³-hybridized carbons (Fsp3) is 0.393. The van der Waals surface area contributed by atoms with Gasteiger partial charge in [-0.1, -0.05) is 35.9 Å². The van der Waals surface area contributed by atoms with E-state index in [4.69, 9.17) is 16.3 Å². The van der Waals surface area contributed by atoms with Crippen LogP contribution in [-0.4, -0.2) is 42.6 Å². The molecule has 0 aliphatic heterocycles. The SMILES string of the molecule is C[C@@H](Oc1csc(-n2cnc3ccc(C4CCC(NCCS(C)(=O)=O)CC4)cc32)c1)c1ccccc1Cl. The van der Waals surface area contributed by atoms with E-state index >= 15 is 0 Å². The van der Waals surface area contributed by atoms with Crippen molar-refractivity contribution in [1.29, 1.82) is 0 Å². The molecule has 2 heterocycles. The van der Waals surface area contributed by atoms with Gasteiger partial charge in [0.25, 0.3) is 0 Å².